The lowest BCUT2D eigenvalue weighted by Gasteiger charge is -2.14. The normalized spacial score (nSPS) is 12.2. The zero-order valence-corrected chi connectivity index (χ0v) is 15.1. The van der Waals surface area contributed by atoms with Gasteiger partial charge >= 0.3 is 0 Å². The monoisotopic (exact) mass is 376 g/mol. The van der Waals surface area contributed by atoms with Crippen LogP contribution in [0, 0.1) is 25.5 Å². The first-order valence-electron chi connectivity index (χ1n) is 8.02. The molecule has 136 valence electrons. The van der Waals surface area contributed by atoms with Crippen LogP contribution in [0.25, 0.3) is 5.69 Å². The lowest BCUT2D eigenvalue weighted by molar-refractivity contribution is 0.0920. The summed E-state index contributed by atoms with van der Waals surface area (Å²) in [7, 11) is 0. The summed E-state index contributed by atoms with van der Waals surface area (Å²) in [6.45, 7) is 3.81. The Bertz CT molecular complexity index is 929. The Hall–Kier alpha value is -2.51. The fourth-order valence-electron chi connectivity index (χ4n) is 2.80. The molecule has 0 bridgehead atoms. The number of halogens is 2. The number of hydrogen-bond donors (Lipinski definition) is 2. The maximum Gasteiger partial charge on any atom is 0.263 e. The molecule has 1 aromatic carbocycles. The van der Waals surface area contributed by atoms with Crippen LogP contribution >= 0.6 is 11.3 Å². The summed E-state index contributed by atoms with van der Waals surface area (Å²) in [6, 6.07) is 8.98. The lowest BCUT2D eigenvalue weighted by Crippen LogP contribution is -2.28. The molecule has 2 heterocycles. The molecule has 0 saturated carbocycles. The van der Waals surface area contributed by atoms with Gasteiger partial charge in [0, 0.05) is 17.9 Å². The summed E-state index contributed by atoms with van der Waals surface area (Å²) in [5.41, 5.74) is 3.00. The van der Waals surface area contributed by atoms with Gasteiger partial charge in [0.1, 0.15) is 4.88 Å². The van der Waals surface area contributed by atoms with Crippen molar-refractivity contribution in [3.8, 4) is 5.69 Å². The molecule has 0 fully saturated rings. The van der Waals surface area contributed by atoms with Crippen molar-refractivity contribution in [3.63, 3.8) is 0 Å². The minimum absolute atomic E-state index is 0.106. The molecule has 3 rings (SSSR count). The highest BCUT2D eigenvalue weighted by atomic mass is 32.1. The number of amides is 1. The molecular weight excluding hydrogens is 358 g/mol. The largest absolute Gasteiger partial charge is 0.387 e. The summed E-state index contributed by atoms with van der Waals surface area (Å²) >= 11 is 1.30. The highest BCUT2D eigenvalue weighted by molar-refractivity contribution is 7.12. The number of nitrogens with one attached hydrogen (secondary N) is 1. The molecule has 2 N–H and O–H groups in total. The van der Waals surface area contributed by atoms with Gasteiger partial charge in [-0.25, -0.2) is 8.78 Å². The number of thiophene rings is 1. The van der Waals surface area contributed by atoms with E-state index in [0.717, 1.165) is 29.2 Å². The Morgan fingerprint density at radius 3 is 2.50 bits per heavy atom. The van der Waals surface area contributed by atoms with Gasteiger partial charge < -0.3 is 15.0 Å². The van der Waals surface area contributed by atoms with Crippen LogP contribution in [0.3, 0.4) is 0 Å². The number of carbonyl (C=O) groups excluding carboxylic acids is 1. The molecule has 7 heteroatoms. The van der Waals surface area contributed by atoms with E-state index in [1.54, 1.807) is 0 Å². The van der Waals surface area contributed by atoms with Crippen LogP contribution in [0.5, 0.6) is 0 Å². The third-order valence-electron chi connectivity index (χ3n) is 4.15. The second kappa shape index (κ2) is 7.39. The van der Waals surface area contributed by atoms with Crippen molar-refractivity contribution >= 4 is 17.2 Å². The van der Waals surface area contributed by atoms with Crippen molar-refractivity contribution in [1.82, 2.24) is 9.88 Å². The molecule has 26 heavy (non-hydrogen) atoms. The topological polar surface area (TPSA) is 54.3 Å². The van der Waals surface area contributed by atoms with Crippen LogP contribution in [0.15, 0.2) is 41.8 Å². The van der Waals surface area contributed by atoms with Gasteiger partial charge in [0.15, 0.2) is 11.6 Å². The van der Waals surface area contributed by atoms with Crippen molar-refractivity contribution in [3.05, 3.63) is 75.2 Å². The summed E-state index contributed by atoms with van der Waals surface area (Å²) < 4.78 is 28.2. The smallest absolute Gasteiger partial charge is 0.263 e. The van der Waals surface area contributed by atoms with Gasteiger partial charge in [-0.2, -0.15) is 0 Å². The van der Waals surface area contributed by atoms with E-state index in [-0.39, 0.29) is 18.0 Å². The molecule has 0 aliphatic rings. The van der Waals surface area contributed by atoms with Crippen molar-refractivity contribution < 1.29 is 18.7 Å². The number of rotatable bonds is 5. The van der Waals surface area contributed by atoms with E-state index in [9.17, 15) is 18.7 Å². The van der Waals surface area contributed by atoms with E-state index in [4.69, 9.17) is 0 Å². The van der Waals surface area contributed by atoms with E-state index < -0.39 is 17.7 Å². The summed E-state index contributed by atoms with van der Waals surface area (Å²) in [6.07, 6.45) is -1.13. The summed E-state index contributed by atoms with van der Waals surface area (Å²) in [4.78, 5) is 13.1. The summed E-state index contributed by atoms with van der Waals surface area (Å²) in [5.74, 6) is -2.35. The Kier molecular flexibility index (Phi) is 5.20. The number of carbonyl (C=O) groups is 1. The SMILES string of the molecule is Cc1ccc(C)n1-c1ccsc1C(=O)NCC(O)c1ccc(F)c(F)c1. The number of aromatic nitrogens is 1. The second-order valence-corrected chi connectivity index (χ2v) is 6.90. The van der Waals surface area contributed by atoms with Gasteiger partial charge in [-0.3, -0.25) is 4.79 Å². The molecule has 0 spiro atoms. The quantitative estimate of drug-likeness (QED) is 0.710. The highest BCUT2D eigenvalue weighted by Gasteiger charge is 2.18. The van der Waals surface area contributed by atoms with Crippen molar-refractivity contribution in [2.24, 2.45) is 0 Å². The molecule has 0 aliphatic carbocycles. The van der Waals surface area contributed by atoms with Gasteiger partial charge in [0.25, 0.3) is 5.91 Å². The first-order valence-corrected chi connectivity index (χ1v) is 8.90. The maximum atomic E-state index is 13.3. The van der Waals surface area contributed by atoms with E-state index in [0.29, 0.717) is 4.88 Å². The molecule has 0 aliphatic heterocycles. The Balaban J connectivity index is 1.73. The second-order valence-electron chi connectivity index (χ2n) is 5.99. The predicted octanol–water partition coefficient (Wildman–Crippen LogP) is 3.90. The minimum Gasteiger partial charge on any atom is -0.387 e. The average molecular weight is 376 g/mol. The average Bonchev–Trinajstić information content (AvgIpc) is 3.21. The van der Waals surface area contributed by atoms with Crippen LogP contribution in [-0.4, -0.2) is 22.1 Å². The van der Waals surface area contributed by atoms with Crippen LogP contribution in [0.4, 0.5) is 8.78 Å². The number of benzene rings is 1. The van der Waals surface area contributed by atoms with E-state index in [2.05, 4.69) is 5.32 Å². The first kappa shape index (κ1) is 18.3. The van der Waals surface area contributed by atoms with Crippen molar-refractivity contribution in [2.75, 3.05) is 6.54 Å². The van der Waals surface area contributed by atoms with Crippen LogP contribution in [0.2, 0.25) is 0 Å². The van der Waals surface area contributed by atoms with Crippen LogP contribution in [-0.2, 0) is 0 Å². The maximum absolute atomic E-state index is 13.3. The molecular formula is C19H18F2N2O2S. The number of nitrogens with zero attached hydrogens (tertiary/aromatic N) is 1. The van der Waals surface area contributed by atoms with E-state index in [1.807, 2.05) is 42.0 Å². The lowest BCUT2D eigenvalue weighted by atomic mass is 10.1. The highest BCUT2D eigenvalue weighted by Crippen LogP contribution is 2.25. The van der Waals surface area contributed by atoms with Gasteiger partial charge in [-0.1, -0.05) is 6.07 Å². The van der Waals surface area contributed by atoms with Crippen LogP contribution in [0.1, 0.15) is 32.7 Å². The van der Waals surface area contributed by atoms with Gasteiger partial charge in [-0.15, -0.1) is 11.3 Å². The fourth-order valence-corrected chi connectivity index (χ4v) is 3.60. The fraction of sp³-hybridized carbons (Fsp3) is 0.211. The van der Waals surface area contributed by atoms with Crippen molar-refractivity contribution in [2.45, 2.75) is 20.0 Å². The number of hydrogen-bond acceptors (Lipinski definition) is 3. The van der Waals surface area contributed by atoms with Gasteiger partial charge in [-0.05, 0) is 55.1 Å². The minimum atomic E-state index is -1.13. The Morgan fingerprint density at radius 1 is 1.15 bits per heavy atom. The summed E-state index contributed by atoms with van der Waals surface area (Å²) in [5, 5.41) is 14.6. The molecule has 0 saturated heterocycles. The molecule has 1 amide bonds. The molecule has 3 aromatic rings. The number of aliphatic hydroxyl groups is 1. The van der Waals surface area contributed by atoms with Gasteiger partial charge in [0.2, 0.25) is 0 Å². The Labute approximate surface area is 153 Å². The zero-order valence-electron chi connectivity index (χ0n) is 14.3. The third kappa shape index (κ3) is 3.54. The zero-order chi connectivity index (χ0) is 18.8. The predicted molar refractivity (Wildman–Crippen MR) is 96.8 cm³/mol. The molecule has 1 unspecified atom stereocenters. The molecule has 0 radical (unpaired) electrons. The van der Waals surface area contributed by atoms with Crippen LogP contribution < -0.4 is 5.32 Å². The number of aliphatic hydroxyl groups excluding tert-OH is 1. The molecule has 1 atom stereocenters. The standard InChI is InChI=1S/C19H18F2N2O2S/c1-11-3-4-12(2)23(11)16-7-8-26-18(16)19(25)22-10-17(24)13-5-6-14(20)15(21)9-13/h3-9,17,24H,10H2,1-2H3,(H,22,25). The third-order valence-corrected chi connectivity index (χ3v) is 5.05. The van der Waals surface area contributed by atoms with Gasteiger partial charge in [0.05, 0.1) is 11.8 Å². The van der Waals surface area contributed by atoms with E-state index >= 15 is 0 Å². The Morgan fingerprint density at radius 2 is 1.85 bits per heavy atom. The molecule has 2 aromatic heterocycles. The number of aryl methyl sites for hydroxylation is 2. The first-order chi connectivity index (χ1) is 12.4. The van der Waals surface area contributed by atoms with Crippen molar-refractivity contribution in [1.29, 1.82) is 0 Å². The molecule has 4 nitrogen and oxygen atoms in total. The van der Waals surface area contributed by atoms with E-state index in [1.165, 1.54) is 17.4 Å².